The van der Waals surface area contributed by atoms with Gasteiger partial charge in [0.05, 0.1) is 11.3 Å². The van der Waals surface area contributed by atoms with Gasteiger partial charge in [0.1, 0.15) is 10.8 Å². The lowest BCUT2D eigenvalue weighted by atomic mass is 10.1. The van der Waals surface area contributed by atoms with Crippen molar-refractivity contribution in [2.24, 2.45) is 5.73 Å². The molecule has 0 saturated heterocycles. The van der Waals surface area contributed by atoms with Crippen LogP contribution in [0.15, 0.2) is 36.4 Å². The monoisotopic (exact) mass is 294 g/mol. The maximum atomic E-state index is 13.7. The van der Waals surface area contributed by atoms with Gasteiger partial charge in [-0.25, -0.2) is 4.39 Å². The number of nitrogens with one attached hydrogen (secondary N) is 1. The SMILES string of the molecule is Cc1ccc(Nc2cccc(F)c2C(N)=S)cc1Cl. The predicted molar refractivity (Wildman–Crippen MR) is 81.8 cm³/mol. The summed E-state index contributed by atoms with van der Waals surface area (Å²) in [4.78, 5) is 0.0128. The third-order valence-electron chi connectivity index (χ3n) is 2.71. The van der Waals surface area contributed by atoms with E-state index in [0.717, 1.165) is 11.3 Å². The van der Waals surface area contributed by atoms with Crippen molar-refractivity contribution in [1.29, 1.82) is 0 Å². The molecule has 0 saturated carbocycles. The van der Waals surface area contributed by atoms with Crippen molar-refractivity contribution in [2.45, 2.75) is 6.92 Å². The van der Waals surface area contributed by atoms with Crippen LogP contribution in [-0.4, -0.2) is 4.99 Å². The number of thiocarbonyl (C=S) groups is 1. The van der Waals surface area contributed by atoms with Gasteiger partial charge < -0.3 is 11.1 Å². The van der Waals surface area contributed by atoms with Gasteiger partial charge in [-0.15, -0.1) is 0 Å². The fraction of sp³-hybridized carbons (Fsp3) is 0.0714. The van der Waals surface area contributed by atoms with Crippen molar-refractivity contribution in [3.63, 3.8) is 0 Å². The minimum Gasteiger partial charge on any atom is -0.389 e. The molecule has 0 heterocycles. The zero-order chi connectivity index (χ0) is 14.0. The highest BCUT2D eigenvalue weighted by molar-refractivity contribution is 7.80. The lowest BCUT2D eigenvalue weighted by Crippen LogP contribution is -2.14. The van der Waals surface area contributed by atoms with Gasteiger partial charge in [0.15, 0.2) is 0 Å². The van der Waals surface area contributed by atoms with E-state index in [9.17, 15) is 4.39 Å². The zero-order valence-electron chi connectivity index (χ0n) is 10.2. The van der Waals surface area contributed by atoms with Crippen LogP contribution in [0.2, 0.25) is 5.02 Å². The second kappa shape index (κ2) is 5.55. The summed E-state index contributed by atoms with van der Waals surface area (Å²) in [5.74, 6) is -0.448. The molecule has 0 amide bonds. The van der Waals surface area contributed by atoms with Crippen LogP contribution in [-0.2, 0) is 0 Å². The van der Waals surface area contributed by atoms with E-state index in [4.69, 9.17) is 29.6 Å². The molecule has 0 fully saturated rings. The molecule has 2 aromatic rings. The molecule has 2 aromatic carbocycles. The molecule has 98 valence electrons. The van der Waals surface area contributed by atoms with Crippen LogP contribution >= 0.6 is 23.8 Å². The maximum absolute atomic E-state index is 13.7. The third-order valence-corrected chi connectivity index (χ3v) is 3.32. The van der Waals surface area contributed by atoms with E-state index in [0.29, 0.717) is 10.7 Å². The number of aryl methyl sites for hydroxylation is 1. The summed E-state index contributed by atoms with van der Waals surface area (Å²) in [5.41, 5.74) is 7.99. The van der Waals surface area contributed by atoms with Crippen LogP contribution in [0.25, 0.3) is 0 Å². The topological polar surface area (TPSA) is 38.0 Å². The summed E-state index contributed by atoms with van der Waals surface area (Å²) in [7, 11) is 0. The van der Waals surface area contributed by atoms with Gasteiger partial charge in [-0.3, -0.25) is 0 Å². The molecular weight excluding hydrogens is 283 g/mol. The van der Waals surface area contributed by atoms with Crippen LogP contribution in [0.4, 0.5) is 15.8 Å². The maximum Gasteiger partial charge on any atom is 0.135 e. The number of halogens is 2. The molecule has 0 aromatic heterocycles. The van der Waals surface area contributed by atoms with Crippen molar-refractivity contribution in [1.82, 2.24) is 0 Å². The highest BCUT2D eigenvalue weighted by Gasteiger charge is 2.11. The van der Waals surface area contributed by atoms with Crippen LogP contribution in [0.1, 0.15) is 11.1 Å². The van der Waals surface area contributed by atoms with Crippen LogP contribution in [0, 0.1) is 12.7 Å². The molecule has 0 unspecified atom stereocenters. The fourth-order valence-corrected chi connectivity index (χ4v) is 2.09. The summed E-state index contributed by atoms with van der Waals surface area (Å²) in [5, 5.41) is 3.71. The van der Waals surface area contributed by atoms with Gasteiger partial charge in [0, 0.05) is 10.7 Å². The Morgan fingerprint density at radius 1 is 1.32 bits per heavy atom. The molecule has 2 nitrogen and oxygen atoms in total. The van der Waals surface area contributed by atoms with Gasteiger partial charge >= 0.3 is 0 Å². The Labute approximate surface area is 121 Å². The number of hydrogen-bond donors (Lipinski definition) is 2. The summed E-state index contributed by atoms with van der Waals surface area (Å²) in [6.07, 6.45) is 0. The van der Waals surface area contributed by atoms with E-state index in [1.165, 1.54) is 6.07 Å². The van der Waals surface area contributed by atoms with E-state index in [2.05, 4.69) is 5.32 Å². The zero-order valence-corrected chi connectivity index (χ0v) is 11.8. The number of nitrogens with two attached hydrogens (primary N) is 1. The molecule has 0 radical (unpaired) electrons. The number of benzene rings is 2. The van der Waals surface area contributed by atoms with E-state index in [1.807, 2.05) is 19.1 Å². The van der Waals surface area contributed by atoms with E-state index in [-0.39, 0.29) is 10.6 Å². The summed E-state index contributed by atoms with van der Waals surface area (Å²) in [6, 6.07) is 10.1. The van der Waals surface area contributed by atoms with Crippen molar-refractivity contribution in [3.05, 3.63) is 58.4 Å². The van der Waals surface area contributed by atoms with Crippen molar-refractivity contribution < 1.29 is 4.39 Å². The molecule has 2 rings (SSSR count). The van der Waals surface area contributed by atoms with Gasteiger partial charge in [0.25, 0.3) is 0 Å². The van der Waals surface area contributed by atoms with Gasteiger partial charge in [-0.1, -0.05) is 36.0 Å². The molecule has 19 heavy (non-hydrogen) atoms. The standard InChI is InChI=1S/C14H12ClFN2S/c1-8-5-6-9(7-10(8)15)18-12-4-2-3-11(16)13(12)14(17)19/h2-7,18H,1H3,(H2,17,19). The second-order valence-corrected chi connectivity index (χ2v) is 4.96. The Balaban J connectivity index is 2.40. The molecule has 0 bridgehead atoms. The number of anilines is 2. The summed E-state index contributed by atoms with van der Waals surface area (Å²) in [6.45, 7) is 1.91. The summed E-state index contributed by atoms with van der Waals surface area (Å²) >= 11 is 10.9. The summed E-state index contributed by atoms with van der Waals surface area (Å²) < 4.78 is 13.7. The average molecular weight is 295 g/mol. The number of rotatable bonds is 3. The second-order valence-electron chi connectivity index (χ2n) is 4.12. The average Bonchev–Trinajstić information content (AvgIpc) is 2.33. The van der Waals surface area contributed by atoms with Crippen LogP contribution in [0.3, 0.4) is 0 Å². The third kappa shape index (κ3) is 3.03. The molecule has 5 heteroatoms. The smallest absolute Gasteiger partial charge is 0.135 e. The Hall–Kier alpha value is -1.65. The first-order valence-electron chi connectivity index (χ1n) is 5.60. The first-order chi connectivity index (χ1) is 8.99. The van der Waals surface area contributed by atoms with E-state index >= 15 is 0 Å². The number of hydrogen-bond acceptors (Lipinski definition) is 2. The van der Waals surface area contributed by atoms with Crippen molar-refractivity contribution in [3.8, 4) is 0 Å². The Morgan fingerprint density at radius 2 is 2.05 bits per heavy atom. The molecule has 0 aliphatic rings. The quantitative estimate of drug-likeness (QED) is 0.835. The molecule has 0 atom stereocenters. The minimum absolute atomic E-state index is 0.0128. The Morgan fingerprint density at radius 3 is 2.68 bits per heavy atom. The lowest BCUT2D eigenvalue weighted by Gasteiger charge is -2.12. The highest BCUT2D eigenvalue weighted by Crippen LogP contribution is 2.26. The van der Waals surface area contributed by atoms with Crippen molar-refractivity contribution in [2.75, 3.05) is 5.32 Å². The van der Waals surface area contributed by atoms with Crippen LogP contribution < -0.4 is 11.1 Å². The normalized spacial score (nSPS) is 10.3. The predicted octanol–water partition coefficient (Wildman–Crippen LogP) is 4.17. The van der Waals surface area contributed by atoms with E-state index < -0.39 is 5.82 Å². The first-order valence-corrected chi connectivity index (χ1v) is 6.39. The molecule has 3 N–H and O–H groups in total. The molecular formula is C14H12ClFN2S. The van der Waals surface area contributed by atoms with Crippen molar-refractivity contribution >= 4 is 40.2 Å². The first kappa shape index (κ1) is 13.8. The lowest BCUT2D eigenvalue weighted by molar-refractivity contribution is 0.626. The fourth-order valence-electron chi connectivity index (χ4n) is 1.70. The van der Waals surface area contributed by atoms with E-state index in [1.54, 1.807) is 18.2 Å². The van der Waals surface area contributed by atoms with Gasteiger partial charge in [-0.2, -0.15) is 0 Å². The Kier molecular flexibility index (Phi) is 4.02. The minimum atomic E-state index is -0.448. The van der Waals surface area contributed by atoms with Crippen LogP contribution in [0.5, 0.6) is 0 Å². The Bertz CT molecular complexity index is 643. The van der Waals surface area contributed by atoms with Gasteiger partial charge in [0.2, 0.25) is 0 Å². The molecule has 0 spiro atoms. The molecule has 0 aliphatic carbocycles. The largest absolute Gasteiger partial charge is 0.389 e. The molecule has 0 aliphatic heterocycles. The van der Waals surface area contributed by atoms with Gasteiger partial charge in [-0.05, 0) is 36.8 Å². The highest BCUT2D eigenvalue weighted by atomic mass is 35.5.